The molecule has 0 amide bonds. The van der Waals surface area contributed by atoms with Crippen molar-refractivity contribution in [1.29, 1.82) is 0 Å². The molecule has 0 radical (unpaired) electrons. The molecule has 0 aliphatic rings. The molecule has 7 heteroatoms. The summed E-state index contributed by atoms with van der Waals surface area (Å²) in [6.07, 6.45) is 1.48. The van der Waals surface area contributed by atoms with Crippen LogP contribution in [-0.4, -0.2) is 23.4 Å². The largest absolute Gasteiger partial charge is 0.338 e. The van der Waals surface area contributed by atoms with E-state index in [0.717, 1.165) is 0 Å². The highest BCUT2D eigenvalue weighted by atomic mass is 31.2. The van der Waals surface area contributed by atoms with Crippen LogP contribution >= 0.6 is 7.60 Å². The van der Waals surface area contributed by atoms with Gasteiger partial charge in [0.1, 0.15) is 0 Å². The van der Waals surface area contributed by atoms with Gasteiger partial charge < -0.3 is 14.1 Å². The lowest BCUT2D eigenvalue weighted by Crippen LogP contribution is -2.11. The number of aromatic amines is 2. The van der Waals surface area contributed by atoms with Crippen LogP contribution < -0.4 is 5.56 Å². The van der Waals surface area contributed by atoms with Gasteiger partial charge in [-0.15, -0.1) is 0 Å². The third-order valence-corrected chi connectivity index (χ3v) is 4.68. The molecule has 1 aromatic heterocycles. The van der Waals surface area contributed by atoms with Gasteiger partial charge in [0, 0.05) is 6.20 Å². The molecule has 6 nitrogen and oxygen atoms in total. The number of rotatable bonds is 6. The van der Waals surface area contributed by atoms with Crippen LogP contribution in [0.1, 0.15) is 32.0 Å². The Kier molecular flexibility index (Phi) is 4.53. The van der Waals surface area contributed by atoms with Gasteiger partial charge in [-0.05, 0) is 20.8 Å². The molecule has 1 rings (SSSR count). The topological polar surface area (TPSA) is 84.2 Å². The maximum Gasteiger partial charge on any atom is 0.338 e. The van der Waals surface area contributed by atoms with Crippen molar-refractivity contribution in [1.82, 2.24) is 10.2 Å². The van der Waals surface area contributed by atoms with Crippen molar-refractivity contribution in [2.24, 2.45) is 0 Å². The quantitative estimate of drug-likeness (QED) is 0.754. The fourth-order valence-corrected chi connectivity index (χ4v) is 3.19. The first-order valence-electron chi connectivity index (χ1n) is 5.19. The van der Waals surface area contributed by atoms with Crippen molar-refractivity contribution in [3.63, 3.8) is 0 Å². The van der Waals surface area contributed by atoms with Gasteiger partial charge in [0.2, 0.25) is 0 Å². The summed E-state index contributed by atoms with van der Waals surface area (Å²) in [5.41, 5.74) is -0.500. The van der Waals surface area contributed by atoms with Crippen molar-refractivity contribution in [2.45, 2.75) is 26.4 Å². The predicted molar refractivity (Wildman–Crippen MR) is 60.7 cm³/mol. The van der Waals surface area contributed by atoms with Crippen molar-refractivity contribution in [2.75, 3.05) is 13.2 Å². The summed E-state index contributed by atoms with van der Waals surface area (Å²) < 4.78 is 22.7. The molecule has 1 aromatic rings. The third-order valence-electron chi connectivity index (χ3n) is 2.22. The van der Waals surface area contributed by atoms with Crippen LogP contribution in [-0.2, 0) is 13.6 Å². The molecule has 0 fully saturated rings. The molecule has 1 atom stereocenters. The molecule has 16 heavy (non-hydrogen) atoms. The molecule has 0 saturated carbocycles. The van der Waals surface area contributed by atoms with Gasteiger partial charge in [0.15, 0.2) is 0 Å². The van der Waals surface area contributed by atoms with Crippen molar-refractivity contribution < 1.29 is 13.6 Å². The van der Waals surface area contributed by atoms with Crippen LogP contribution in [0.25, 0.3) is 0 Å². The molecule has 1 heterocycles. The Morgan fingerprint density at radius 3 is 2.31 bits per heavy atom. The second-order valence-corrected chi connectivity index (χ2v) is 5.62. The SMILES string of the molecule is CCOP(=O)(OCC)C(C)c1c[nH][nH]c1=O. The van der Waals surface area contributed by atoms with Crippen LogP contribution in [0.4, 0.5) is 0 Å². The van der Waals surface area contributed by atoms with E-state index in [4.69, 9.17) is 9.05 Å². The van der Waals surface area contributed by atoms with Gasteiger partial charge in [-0.2, -0.15) is 0 Å². The number of aromatic nitrogens is 2. The van der Waals surface area contributed by atoms with Gasteiger partial charge in [0.25, 0.3) is 5.56 Å². The first-order chi connectivity index (χ1) is 7.55. The molecular formula is C9H17N2O4P. The summed E-state index contributed by atoms with van der Waals surface area (Å²) in [5, 5.41) is 4.96. The van der Waals surface area contributed by atoms with E-state index < -0.39 is 13.3 Å². The highest BCUT2D eigenvalue weighted by molar-refractivity contribution is 7.54. The highest BCUT2D eigenvalue weighted by Gasteiger charge is 2.34. The fraction of sp³-hybridized carbons (Fsp3) is 0.667. The Bertz CT molecular complexity index is 415. The average molecular weight is 248 g/mol. The predicted octanol–water partition coefficient (Wildman–Crippen LogP) is 2.03. The van der Waals surface area contributed by atoms with Gasteiger partial charge in [-0.3, -0.25) is 14.5 Å². The molecule has 92 valence electrons. The molecule has 0 saturated heterocycles. The molecule has 0 aliphatic carbocycles. The van der Waals surface area contributed by atoms with Crippen LogP contribution in [0.3, 0.4) is 0 Å². The minimum absolute atomic E-state index is 0.282. The minimum atomic E-state index is -3.27. The Morgan fingerprint density at radius 1 is 1.38 bits per heavy atom. The summed E-state index contributed by atoms with van der Waals surface area (Å²) in [4.78, 5) is 11.4. The lowest BCUT2D eigenvalue weighted by Gasteiger charge is -2.21. The van der Waals surface area contributed by atoms with Gasteiger partial charge >= 0.3 is 7.60 Å². The molecule has 0 aliphatic heterocycles. The third kappa shape index (κ3) is 2.64. The summed E-state index contributed by atoms with van der Waals surface area (Å²) in [7, 11) is -3.27. The normalized spacial score (nSPS) is 13.9. The van der Waals surface area contributed by atoms with Crippen molar-refractivity contribution >= 4 is 7.60 Å². The first-order valence-corrected chi connectivity index (χ1v) is 6.81. The number of H-pyrrole nitrogens is 2. The summed E-state index contributed by atoms with van der Waals surface area (Å²) in [6, 6.07) is 0. The maximum absolute atomic E-state index is 12.4. The molecule has 0 spiro atoms. The van der Waals surface area contributed by atoms with Crippen LogP contribution in [0, 0.1) is 0 Å². The van der Waals surface area contributed by atoms with Crippen molar-refractivity contribution in [3.8, 4) is 0 Å². The number of nitrogens with one attached hydrogen (secondary N) is 2. The van der Waals surface area contributed by atoms with E-state index in [-0.39, 0.29) is 18.8 Å². The number of hydrogen-bond acceptors (Lipinski definition) is 4. The van der Waals surface area contributed by atoms with Gasteiger partial charge in [-0.25, -0.2) is 0 Å². The van der Waals surface area contributed by atoms with Gasteiger partial charge in [0.05, 0.1) is 24.4 Å². The van der Waals surface area contributed by atoms with E-state index in [9.17, 15) is 9.36 Å². The zero-order valence-corrected chi connectivity index (χ0v) is 10.5. The van der Waals surface area contributed by atoms with Crippen LogP contribution in [0.5, 0.6) is 0 Å². The second-order valence-electron chi connectivity index (χ2n) is 3.25. The zero-order chi connectivity index (χ0) is 12.2. The smallest absolute Gasteiger partial charge is 0.308 e. The summed E-state index contributed by atoms with van der Waals surface area (Å²) in [6.45, 7) is 5.69. The fourth-order valence-electron chi connectivity index (χ4n) is 1.42. The van der Waals surface area contributed by atoms with Crippen molar-refractivity contribution in [3.05, 3.63) is 22.1 Å². The summed E-state index contributed by atoms with van der Waals surface area (Å²) >= 11 is 0. The lowest BCUT2D eigenvalue weighted by molar-refractivity contribution is 0.213. The average Bonchev–Trinajstić information content (AvgIpc) is 2.64. The molecule has 2 N–H and O–H groups in total. The second kappa shape index (κ2) is 5.48. The molecule has 0 bridgehead atoms. The standard InChI is InChI=1S/C9H17N2O4P/c1-4-14-16(13,15-5-2)7(3)8-6-10-11-9(8)12/h6-7H,4-5H2,1-3H3,(H2,10,11,12). The Hall–Kier alpha value is -0.840. The van der Waals surface area contributed by atoms with Crippen LogP contribution in [0.2, 0.25) is 0 Å². The minimum Gasteiger partial charge on any atom is -0.308 e. The van der Waals surface area contributed by atoms with E-state index in [1.807, 2.05) is 0 Å². The first kappa shape index (κ1) is 13.2. The van der Waals surface area contributed by atoms with E-state index in [1.54, 1.807) is 20.8 Å². The molecule has 1 unspecified atom stereocenters. The molecular weight excluding hydrogens is 231 g/mol. The summed E-state index contributed by atoms with van der Waals surface area (Å²) in [5.74, 6) is 0. The van der Waals surface area contributed by atoms with E-state index in [2.05, 4.69) is 10.2 Å². The number of hydrogen-bond donors (Lipinski definition) is 2. The lowest BCUT2D eigenvalue weighted by atomic mass is 10.3. The van der Waals surface area contributed by atoms with E-state index in [0.29, 0.717) is 5.56 Å². The van der Waals surface area contributed by atoms with E-state index in [1.165, 1.54) is 6.20 Å². The Labute approximate surface area is 93.9 Å². The molecule has 0 aromatic carbocycles. The monoisotopic (exact) mass is 248 g/mol. The Balaban J connectivity index is 3.00. The maximum atomic E-state index is 12.4. The highest BCUT2D eigenvalue weighted by Crippen LogP contribution is 2.59. The van der Waals surface area contributed by atoms with E-state index >= 15 is 0 Å². The van der Waals surface area contributed by atoms with Gasteiger partial charge in [-0.1, -0.05) is 0 Å². The van der Waals surface area contributed by atoms with Crippen LogP contribution in [0.15, 0.2) is 11.0 Å². The Morgan fingerprint density at radius 2 is 1.94 bits per heavy atom. The zero-order valence-electron chi connectivity index (χ0n) is 9.65.